The van der Waals surface area contributed by atoms with E-state index >= 15 is 0 Å². The molecule has 2 rings (SSSR count). The van der Waals surface area contributed by atoms with Crippen LogP contribution in [0.5, 0.6) is 0 Å². The van der Waals surface area contributed by atoms with Gasteiger partial charge in [-0.15, -0.1) is 6.58 Å². The van der Waals surface area contributed by atoms with Crippen molar-refractivity contribution >= 4 is 6.03 Å². The zero-order valence-electron chi connectivity index (χ0n) is 11.2. The van der Waals surface area contributed by atoms with E-state index in [9.17, 15) is 4.79 Å². The van der Waals surface area contributed by atoms with Gasteiger partial charge in [0.15, 0.2) is 5.82 Å². The summed E-state index contributed by atoms with van der Waals surface area (Å²) in [6.07, 6.45) is 6.14. The van der Waals surface area contributed by atoms with Crippen LogP contribution in [-0.2, 0) is 12.0 Å². The molecule has 0 spiro atoms. The summed E-state index contributed by atoms with van der Waals surface area (Å²) in [6.45, 7) is 5.97. The van der Waals surface area contributed by atoms with E-state index in [-0.39, 0.29) is 6.03 Å². The summed E-state index contributed by atoms with van der Waals surface area (Å²) in [4.78, 5) is 16.2. The van der Waals surface area contributed by atoms with Gasteiger partial charge >= 0.3 is 6.03 Å². The number of hydrogen-bond acceptors (Lipinski definition) is 4. The van der Waals surface area contributed by atoms with Crippen LogP contribution in [0.1, 0.15) is 44.3 Å². The highest BCUT2D eigenvalue weighted by atomic mass is 16.5. The molecule has 0 aliphatic heterocycles. The fourth-order valence-electron chi connectivity index (χ4n) is 2.40. The van der Waals surface area contributed by atoms with Gasteiger partial charge in [-0.05, 0) is 12.8 Å². The average molecular weight is 264 g/mol. The van der Waals surface area contributed by atoms with E-state index in [0.29, 0.717) is 24.7 Å². The SMILES string of the molecule is C=CCNC(=O)NC1(c2noc(CC)n2)CCCC1. The third-order valence-electron chi connectivity index (χ3n) is 3.42. The zero-order chi connectivity index (χ0) is 13.7. The Kier molecular flexibility index (Phi) is 4.19. The van der Waals surface area contributed by atoms with E-state index in [1.807, 2.05) is 6.92 Å². The van der Waals surface area contributed by atoms with Gasteiger partial charge in [-0.1, -0.05) is 31.0 Å². The Morgan fingerprint density at radius 1 is 1.53 bits per heavy atom. The first-order valence-corrected chi connectivity index (χ1v) is 6.70. The van der Waals surface area contributed by atoms with Gasteiger partial charge in [0.25, 0.3) is 0 Å². The standard InChI is InChI=1S/C13H20N4O2/c1-3-9-14-12(18)16-13(7-5-6-8-13)11-15-10(4-2)19-17-11/h3H,1,4-9H2,2H3,(H2,14,16,18). The molecule has 1 aliphatic carbocycles. The Morgan fingerprint density at radius 3 is 2.84 bits per heavy atom. The Bertz CT molecular complexity index is 449. The number of carbonyl (C=O) groups excluding carboxylic acids is 1. The van der Waals surface area contributed by atoms with Crippen LogP contribution >= 0.6 is 0 Å². The third-order valence-corrected chi connectivity index (χ3v) is 3.42. The Morgan fingerprint density at radius 2 is 2.26 bits per heavy atom. The quantitative estimate of drug-likeness (QED) is 0.796. The lowest BCUT2D eigenvalue weighted by Gasteiger charge is -2.26. The molecule has 6 heteroatoms. The van der Waals surface area contributed by atoms with Crippen LogP contribution in [0.3, 0.4) is 0 Å². The molecule has 0 saturated heterocycles. The first kappa shape index (κ1) is 13.6. The van der Waals surface area contributed by atoms with E-state index in [0.717, 1.165) is 25.7 Å². The van der Waals surface area contributed by atoms with Crippen molar-refractivity contribution in [1.82, 2.24) is 20.8 Å². The molecular formula is C13H20N4O2. The Hall–Kier alpha value is -1.85. The summed E-state index contributed by atoms with van der Waals surface area (Å²) in [5.74, 6) is 1.20. The maximum atomic E-state index is 11.9. The topological polar surface area (TPSA) is 80.0 Å². The fraction of sp³-hybridized carbons (Fsp3) is 0.615. The molecule has 0 atom stereocenters. The van der Waals surface area contributed by atoms with Gasteiger partial charge in [0.1, 0.15) is 5.54 Å². The highest BCUT2D eigenvalue weighted by Crippen LogP contribution is 2.37. The molecule has 6 nitrogen and oxygen atoms in total. The molecule has 0 bridgehead atoms. The van der Waals surface area contributed by atoms with Crippen LogP contribution in [-0.4, -0.2) is 22.7 Å². The van der Waals surface area contributed by atoms with Crippen molar-refractivity contribution in [1.29, 1.82) is 0 Å². The van der Waals surface area contributed by atoms with Gasteiger partial charge in [-0.3, -0.25) is 0 Å². The van der Waals surface area contributed by atoms with Crippen LogP contribution in [0, 0.1) is 0 Å². The molecule has 2 N–H and O–H groups in total. The van der Waals surface area contributed by atoms with Gasteiger partial charge in [-0.25, -0.2) is 4.79 Å². The number of amides is 2. The van der Waals surface area contributed by atoms with Crippen molar-refractivity contribution in [2.75, 3.05) is 6.54 Å². The van der Waals surface area contributed by atoms with Gasteiger partial charge < -0.3 is 15.2 Å². The van der Waals surface area contributed by atoms with E-state index in [4.69, 9.17) is 4.52 Å². The van der Waals surface area contributed by atoms with Crippen molar-refractivity contribution in [2.24, 2.45) is 0 Å². The second-order valence-electron chi connectivity index (χ2n) is 4.78. The molecule has 1 saturated carbocycles. The minimum absolute atomic E-state index is 0.218. The summed E-state index contributed by atoms with van der Waals surface area (Å²) >= 11 is 0. The van der Waals surface area contributed by atoms with Crippen molar-refractivity contribution in [3.63, 3.8) is 0 Å². The van der Waals surface area contributed by atoms with E-state index < -0.39 is 5.54 Å². The second-order valence-corrected chi connectivity index (χ2v) is 4.78. The summed E-state index contributed by atoms with van der Waals surface area (Å²) in [5, 5.41) is 9.74. The van der Waals surface area contributed by atoms with Crippen molar-refractivity contribution in [3.05, 3.63) is 24.4 Å². The maximum absolute atomic E-state index is 11.9. The van der Waals surface area contributed by atoms with Crippen molar-refractivity contribution in [2.45, 2.75) is 44.6 Å². The fourth-order valence-corrected chi connectivity index (χ4v) is 2.40. The second kappa shape index (κ2) is 5.86. The number of nitrogens with one attached hydrogen (secondary N) is 2. The summed E-state index contributed by atoms with van der Waals surface area (Å²) < 4.78 is 5.16. The highest BCUT2D eigenvalue weighted by Gasteiger charge is 2.41. The Balaban J connectivity index is 2.13. The molecule has 1 aliphatic rings. The number of nitrogens with zero attached hydrogens (tertiary/aromatic N) is 2. The third kappa shape index (κ3) is 2.94. The van der Waals surface area contributed by atoms with Crippen LogP contribution in [0.15, 0.2) is 17.2 Å². The highest BCUT2D eigenvalue weighted by molar-refractivity contribution is 5.75. The maximum Gasteiger partial charge on any atom is 0.315 e. The lowest BCUT2D eigenvalue weighted by molar-refractivity contribution is 0.221. The largest absolute Gasteiger partial charge is 0.339 e. The van der Waals surface area contributed by atoms with Crippen LogP contribution < -0.4 is 10.6 Å². The minimum atomic E-state index is -0.484. The Labute approximate surface area is 112 Å². The number of aryl methyl sites for hydroxylation is 1. The molecular weight excluding hydrogens is 244 g/mol. The molecule has 0 radical (unpaired) electrons. The van der Waals surface area contributed by atoms with Crippen molar-refractivity contribution in [3.8, 4) is 0 Å². The lowest BCUT2D eigenvalue weighted by Crippen LogP contribution is -2.49. The first-order chi connectivity index (χ1) is 9.20. The minimum Gasteiger partial charge on any atom is -0.339 e. The van der Waals surface area contributed by atoms with E-state index in [2.05, 4.69) is 27.4 Å². The molecule has 1 aromatic heterocycles. The van der Waals surface area contributed by atoms with Crippen LogP contribution in [0.25, 0.3) is 0 Å². The van der Waals surface area contributed by atoms with Crippen LogP contribution in [0.4, 0.5) is 4.79 Å². The normalized spacial score (nSPS) is 17.1. The van der Waals surface area contributed by atoms with Crippen LogP contribution in [0.2, 0.25) is 0 Å². The summed E-state index contributed by atoms with van der Waals surface area (Å²) in [6, 6.07) is -0.218. The number of urea groups is 1. The number of aromatic nitrogens is 2. The van der Waals surface area contributed by atoms with Gasteiger partial charge in [0.05, 0.1) is 0 Å². The predicted molar refractivity (Wildman–Crippen MR) is 70.6 cm³/mol. The molecule has 0 unspecified atom stereocenters. The van der Waals surface area contributed by atoms with E-state index in [1.165, 1.54) is 0 Å². The molecule has 0 aromatic carbocycles. The molecule has 1 heterocycles. The smallest absolute Gasteiger partial charge is 0.315 e. The average Bonchev–Trinajstić information content (AvgIpc) is 3.05. The zero-order valence-corrected chi connectivity index (χ0v) is 11.2. The molecule has 2 amide bonds. The van der Waals surface area contributed by atoms with E-state index in [1.54, 1.807) is 6.08 Å². The number of carbonyl (C=O) groups is 1. The monoisotopic (exact) mass is 264 g/mol. The van der Waals surface area contributed by atoms with Gasteiger partial charge in [0.2, 0.25) is 5.89 Å². The molecule has 104 valence electrons. The molecule has 19 heavy (non-hydrogen) atoms. The first-order valence-electron chi connectivity index (χ1n) is 6.70. The van der Waals surface area contributed by atoms with Gasteiger partial charge in [-0.2, -0.15) is 4.98 Å². The molecule has 1 fully saturated rings. The van der Waals surface area contributed by atoms with Gasteiger partial charge in [0, 0.05) is 13.0 Å². The summed E-state index contributed by atoms with van der Waals surface area (Å²) in [5.41, 5.74) is -0.484. The predicted octanol–water partition coefficient (Wildman–Crippen LogP) is 1.89. The summed E-state index contributed by atoms with van der Waals surface area (Å²) in [7, 11) is 0. The van der Waals surface area contributed by atoms with Crippen molar-refractivity contribution < 1.29 is 9.32 Å². The number of rotatable bonds is 5. The molecule has 1 aromatic rings. The number of hydrogen-bond donors (Lipinski definition) is 2. The lowest BCUT2D eigenvalue weighted by atomic mass is 9.97.